The normalized spacial score (nSPS) is 23.0. The number of nitrogens with zero attached hydrogens (tertiary/aromatic N) is 2. The zero-order valence-corrected chi connectivity index (χ0v) is 16.9. The number of carbonyl (C=O) groups is 2. The molecule has 2 saturated heterocycles. The second-order valence-electron chi connectivity index (χ2n) is 8.81. The molecule has 1 aromatic rings. The quantitative estimate of drug-likeness (QED) is 0.886. The zero-order valence-electron chi connectivity index (χ0n) is 16.9. The lowest BCUT2D eigenvalue weighted by Crippen LogP contribution is -2.52. The van der Waals surface area contributed by atoms with Crippen molar-refractivity contribution in [2.75, 3.05) is 26.7 Å². The maximum absolute atomic E-state index is 13.3. The number of carbonyl (C=O) groups excluding carboxylic acids is 2. The highest BCUT2D eigenvalue weighted by Crippen LogP contribution is 2.40. The first-order valence-electron chi connectivity index (χ1n) is 9.72. The molecule has 1 aromatic carbocycles. The topological polar surface area (TPSA) is 61.9 Å². The molecule has 0 radical (unpaired) electrons. The van der Waals surface area contributed by atoms with Gasteiger partial charge in [0.25, 0.3) is 0 Å². The molecular formula is C21H31N3O3. The molecule has 6 nitrogen and oxygen atoms in total. The zero-order chi connectivity index (χ0) is 19.7. The molecule has 2 heterocycles. The van der Waals surface area contributed by atoms with Crippen molar-refractivity contribution in [3.63, 3.8) is 0 Å². The van der Waals surface area contributed by atoms with Gasteiger partial charge in [0, 0.05) is 31.7 Å². The third-order valence-electron chi connectivity index (χ3n) is 5.45. The number of benzene rings is 1. The minimum atomic E-state index is -0.424. The van der Waals surface area contributed by atoms with Crippen molar-refractivity contribution in [1.82, 2.24) is 15.1 Å². The molecule has 3 rings (SSSR count). The van der Waals surface area contributed by atoms with Crippen LogP contribution >= 0.6 is 0 Å². The Morgan fingerprint density at radius 2 is 2.04 bits per heavy atom. The first-order chi connectivity index (χ1) is 12.7. The fourth-order valence-electron chi connectivity index (χ4n) is 4.12. The van der Waals surface area contributed by atoms with Crippen LogP contribution in [0.5, 0.6) is 5.75 Å². The Kier molecular flexibility index (Phi) is 5.36. The van der Waals surface area contributed by atoms with E-state index in [4.69, 9.17) is 4.74 Å². The van der Waals surface area contributed by atoms with Gasteiger partial charge in [-0.2, -0.15) is 0 Å². The maximum atomic E-state index is 13.3. The third-order valence-corrected chi connectivity index (χ3v) is 5.45. The summed E-state index contributed by atoms with van der Waals surface area (Å²) in [6, 6.07) is 7.79. The van der Waals surface area contributed by atoms with Gasteiger partial charge in [0.15, 0.2) is 0 Å². The first kappa shape index (κ1) is 19.5. The Bertz CT molecular complexity index is 713. The Labute approximate surface area is 161 Å². The lowest BCUT2D eigenvalue weighted by molar-refractivity contribution is -0.146. The number of amides is 3. The molecule has 2 fully saturated rings. The van der Waals surface area contributed by atoms with E-state index >= 15 is 0 Å². The molecule has 6 heteroatoms. The van der Waals surface area contributed by atoms with Crippen LogP contribution in [0, 0.1) is 5.41 Å². The van der Waals surface area contributed by atoms with Gasteiger partial charge in [-0.05, 0) is 57.7 Å². The van der Waals surface area contributed by atoms with E-state index in [0.29, 0.717) is 19.6 Å². The molecule has 1 N–H and O–H groups in total. The van der Waals surface area contributed by atoms with E-state index in [1.807, 2.05) is 49.9 Å². The van der Waals surface area contributed by atoms with Crippen molar-refractivity contribution in [3.8, 4) is 5.75 Å². The number of urea groups is 1. The van der Waals surface area contributed by atoms with Gasteiger partial charge in [-0.25, -0.2) is 4.79 Å². The second kappa shape index (κ2) is 7.41. The fourth-order valence-corrected chi connectivity index (χ4v) is 4.12. The van der Waals surface area contributed by atoms with Gasteiger partial charge < -0.3 is 19.9 Å². The van der Waals surface area contributed by atoms with Crippen LogP contribution in [-0.2, 0) is 11.3 Å². The lowest BCUT2D eigenvalue weighted by atomic mass is 9.78. The van der Waals surface area contributed by atoms with Crippen molar-refractivity contribution in [3.05, 3.63) is 29.8 Å². The first-order valence-corrected chi connectivity index (χ1v) is 9.72. The highest BCUT2D eigenvalue weighted by atomic mass is 16.5. The van der Waals surface area contributed by atoms with Crippen LogP contribution in [0.15, 0.2) is 24.3 Å². The van der Waals surface area contributed by atoms with Gasteiger partial charge in [0.1, 0.15) is 5.75 Å². The van der Waals surface area contributed by atoms with Crippen molar-refractivity contribution in [2.45, 2.75) is 52.1 Å². The van der Waals surface area contributed by atoms with Gasteiger partial charge >= 0.3 is 6.03 Å². The van der Waals surface area contributed by atoms with E-state index < -0.39 is 5.41 Å². The molecule has 2 aliphatic rings. The number of hydrogen-bond donors (Lipinski definition) is 1. The summed E-state index contributed by atoms with van der Waals surface area (Å²) >= 11 is 0. The summed E-state index contributed by atoms with van der Waals surface area (Å²) in [5.41, 5.74) is 0.369. The standard InChI is InChI=1S/C21H31N3O3/c1-20(2,3)22-19(26)24-12-10-21(15-24)9-6-11-23(18(21)25)14-16-7-5-8-17(13-16)27-4/h5,7-8,13H,6,9-12,14-15H2,1-4H3,(H,22,26)/t21-/m1/s1. The summed E-state index contributed by atoms with van der Waals surface area (Å²) in [6.07, 6.45) is 2.59. The Morgan fingerprint density at radius 3 is 2.74 bits per heavy atom. The smallest absolute Gasteiger partial charge is 0.317 e. The van der Waals surface area contributed by atoms with Crippen LogP contribution in [0.1, 0.15) is 45.6 Å². The SMILES string of the molecule is COc1cccc(CN2CCC[C@]3(CCN(C(=O)NC(C)(C)C)C3)C2=O)c1. The van der Waals surface area contributed by atoms with Gasteiger partial charge in [-0.3, -0.25) is 4.79 Å². The highest BCUT2D eigenvalue weighted by Gasteiger charge is 2.49. The number of nitrogens with one attached hydrogen (secondary N) is 1. The van der Waals surface area contributed by atoms with Crippen LogP contribution in [0.4, 0.5) is 4.79 Å². The number of hydrogen-bond acceptors (Lipinski definition) is 3. The van der Waals surface area contributed by atoms with Crippen LogP contribution in [0.25, 0.3) is 0 Å². The second-order valence-corrected chi connectivity index (χ2v) is 8.81. The van der Waals surface area contributed by atoms with Crippen LogP contribution in [-0.4, -0.2) is 54.0 Å². The predicted molar refractivity (Wildman–Crippen MR) is 105 cm³/mol. The van der Waals surface area contributed by atoms with E-state index in [2.05, 4.69) is 5.32 Å². The van der Waals surface area contributed by atoms with Gasteiger partial charge in [0.05, 0.1) is 12.5 Å². The molecule has 2 aliphatic heterocycles. The van der Waals surface area contributed by atoms with Crippen molar-refractivity contribution in [1.29, 1.82) is 0 Å². The summed E-state index contributed by atoms with van der Waals surface area (Å²) in [7, 11) is 1.65. The molecule has 148 valence electrons. The number of rotatable bonds is 3. The number of likely N-dealkylation sites (tertiary alicyclic amines) is 2. The molecule has 0 aliphatic carbocycles. The van der Waals surface area contributed by atoms with Gasteiger partial charge in [-0.1, -0.05) is 12.1 Å². The summed E-state index contributed by atoms with van der Waals surface area (Å²) in [4.78, 5) is 29.6. The van der Waals surface area contributed by atoms with Crippen molar-refractivity contribution in [2.24, 2.45) is 5.41 Å². The minimum absolute atomic E-state index is 0.0721. The monoisotopic (exact) mass is 373 g/mol. The van der Waals surface area contributed by atoms with Crippen molar-refractivity contribution >= 4 is 11.9 Å². The molecule has 0 saturated carbocycles. The molecule has 1 spiro atoms. The molecule has 0 unspecified atom stereocenters. The van der Waals surface area contributed by atoms with E-state index in [-0.39, 0.29) is 17.5 Å². The Balaban J connectivity index is 1.68. The third kappa shape index (κ3) is 4.37. The molecule has 27 heavy (non-hydrogen) atoms. The average molecular weight is 373 g/mol. The van der Waals surface area contributed by atoms with Crippen LogP contribution < -0.4 is 10.1 Å². The minimum Gasteiger partial charge on any atom is -0.497 e. The van der Waals surface area contributed by atoms with Crippen LogP contribution in [0.2, 0.25) is 0 Å². The van der Waals surface area contributed by atoms with Gasteiger partial charge in [0.2, 0.25) is 5.91 Å². The maximum Gasteiger partial charge on any atom is 0.317 e. The highest BCUT2D eigenvalue weighted by molar-refractivity contribution is 5.86. The Hall–Kier alpha value is -2.24. The number of ether oxygens (including phenoxy) is 1. The molecular weight excluding hydrogens is 342 g/mol. The number of piperidine rings is 1. The average Bonchev–Trinajstić information content (AvgIpc) is 3.03. The Morgan fingerprint density at radius 1 is 1.26 bits per heavy atom. The molecule has 0 aromatic heterocycles. The summed E-state index contributed by atoms with van der Waals surface area (Å²) < 4.78 is 5.29. The van der Waals surface area contributed by atoms with Crippen molar-refractivity contribution < 1.29 is 14.3 Å². The lowest BCUT2D eigenvalue weighted by Gasteiger charge is -2.39. The van der Waals surface area contributed by atoms with E-state index in [0.717, 1.165) is 37.1 Å². The van der Waals surface area contributed by atoms with E-state index in [1.54, 1.807) is 12.0 Å². The predicted octanol–water partition coefficient (Wildman–Crippen LogP) is 3.02. The van der Waals surface area contributed by atoms with E-state index in [9.17, 15) is 9.59 Å². The summed E-state index contributed by atoms with van der Waals surface area (Å²) in [5.74, 6) is 0.986. The summed E-state index contributed by atoms with van der Waals surface area (Å²) in [5, 5.41) is 3.01. The molecule has 3 amide bonds. The van der Waals surface area contributed by atoms with E-state index in [1.165, 1.54) is 0 Å². The fraction of sp³-hybridized carbons (Fsp3) is 0.619. The van der Waals surface area contributed by atoms with Gasteiger partial charge in [-0.15, -0.1) is 0 Å². The number of methoxy groups -OCH3 is 1. The largest absolute Gasteiger partial charge is 0.497 e. The molecule has 1 atom stereocenters. The molecule has 0 bridgehead atoms. The van der Waals surface area contributed by atoms with Crippen LogP contribution in [0.3, 0.4) is 0 Å². The summed E-state index contributed by atoms with van der Waals surface area (Å²) in [6.45, 7) is 8.43.